The largest absolute Gasteiger partial charge is 0.453 e. The summed E-state index contributed by atoms with van der Waals surface area (Å²) in [6.45, 7) is 6.06. The summed E-state index contributed by atoms with van der Waals surface area (Å²) in [6, 6.07) is 11.8. The lowest BCUT2D eigenvalue weighted by molar-refractivity contribution is -0.116. The molecule has 1 N–H and O–H groups in total. The SMILES string of the molecule is CC1CN(c2ccc(CNC(=O)/C=C/c3ccc(Oc4cccnc4)c(F)c3)cn2)CC(C)O1. The number of ether oxygens (including phenoxy) is 2. The Morgan fingerprint density at radius 3 is 2.71 bits per heavy atom. The summed E-state index contributed by atoms with van der Waals surface area (Å²) < 4.78 is 25.6. The first kappa shape index (κ1) is 23.4. The molecular formula is C26H27FN4O3. The van der Waals surface area contributed by atoms with Crippen molar-refractivity contribution in [3.05, 3.63) is 84.1 Å². The molecule has 1 aliphatic heterocycles. The van der Waals surface area contributed by atoms with E-state index in [9.17, 15) is 9.18 Å². The van der Waals surface area contributed by atoms with Gasteiger partial charge < -0.3 is 19.7 Å². The molecule has 1 amide bonds. The lowest BCUT2D eigenvalue weighted by atomic mass is 10.2. The number of rotatable bonds is 7. The average molecular weight is 463 g/mol. The van der Waals surface area contributed by atoms with Crippen molar-refractivity contribution in [1.82, 2.24) is 15.3 Å². The molecule has 3 aromatic rings. The quantitative estimate of drug-likeness (QED) is 0.526. The van der Waals surface area contributed by atoms with Crippen LogP contribution >= 0.6 is 0 Å². The molecule has 1 fully saturated rings. The van der Waals surface area contributed by atoms with Crippen molar-refractivity contribution in [2.75, 3.05) is 18.0 Å². The monoisotopic (exact) mass is 462 g/mol. The van der Waals surface area contributed by atoms with Crippen LogP contribution in [0.3, 0.4) is 0 Å². The van der Waals surface area contributed by atoms with Crippen LogP contribution in [-0.2, 0) is 16.1 Å². The molecule has 34 heavy (non-hydrogen) atoms. The minimum Gasteiger partial charge on any atom is -0.453 e. The van der Waals surface area contributed by atoms with Crippen molar-refractivity contribution in [3.63, 3.8) is 0 Å². The number of aromatic nitrogens is 2. The Hall–Kier alpha value is -3.78. The Morgan fingerprint density at radius 2 is 2.03 bits per heavy atom. The minimum absolute atomic E-state index is 0.0894. The van der Waals surface area contributed by atoms with Gasteiger partial charge in [-0.3, -0.25) is 9.78 Å². The van der Waals surface area contributed by atoms with Crippen LogP contribution in [0.2, 0.25) is 0 Å². The van der Waals surface area contributed by atoms with Gasteiger partial charge in [0.2, 0.25) is 5.91 Å². The van der Waals surface area contributed by atoms with Crippen LogP contribution < -0.4 is 15.0 Å². The van der Waals surface area contributed by atoms with Crippen LogP contribution in [0.4, 0.5) is 10.2 Å². The first-order valence-corrected chi connectivity index (χ1v) is 11.1. The molecule has 2 unspecified atom stereocenters. The first-order chi connectivity index (χ1) is 16.5. The molecule has 3 heterocycles. The normalized spacial score (nSPS) is 18.1. The van der Waals surface area contributed by atoms with E-state index >= 15 is 0 Å². The molecule has 0 aliphatic carbocycles. The maximum atomic E-state index is 14.3. The summed E-state index contributed by atoms with van der Waals surface area (Å²) in [5, 5.41) is 2.82. The standard InChI is InChI=1S/C26H27FN4O3/c1-18-16-31(17-19(2)33-18)25-9-6-21(13-29-25)14-30-26(32)10-7-20-5-8-24(23(27)12-20)34-22-4-3-11-28-15-22/h3-13,15,18-19H,14,16-17H2,1-2H3,(H,30,32)/b10-7+. The fourth-order valence-electron chi connectivity index (χ4n) is 3.73. The van der Waals surface area contributed by atoms with Gasteiger partial charge in [0.25, 0.3) is 0 Å². The molecule has 0 saturated carbocycles. The van der Waals surface area contributed by atoms with Crippen molar-refractivity contribution in [2.45, 2.75) is 32.6 Å². The number of nitrogens with zero attached hydrogens (tertiary/aromatic N) is 3. The third-order valence-corrected chi connectivity index (χ3v) is 5.26. The number of pyridine rings is 2. The number of anilines is 1. The number of hydrogen-bond acceptors (Lipinski definition) is 6. The molecule has 0 bridgehead atoms. The third-order valence-electron chi connectivity index (χ3n) is 5.26. The number of carbonyl (C=O) groups excluding carboxylic acids is 1. The minimum atomic E-state index is -0.526. The zero-order chi connectivity index (χ0) is 23.9. The molecule has 1 saturated heterocycles. The highest BCUT2D eigenvalue weighted by Gasteiger charge is 2.22. The van der Waals surface area contributed by atoms with E-state index in [1.54, 1.807) is 36.7 Å². The second-order valence-electron chi connectivity index (χ2n) is 8.22. The van der Waals surface area contributed by atoms with Gasteiger partial charge >= 0.3 is 0 Å². The van der Waals surface area contributed by atoms with Crippen molar-refractivity contribution in [1.29, 1.82) is 0 Å². The highest BCUT2D eigenvalue weighted by molar-refractivity contribution is 5.91. The van der Waals surface area contributed by atoms with E-state index in [-0.39, 0.29) is 23.9 Å². The van der Waals surface area contributed by atoms with Gasteiger partial charge in [0.15, 0.2) is 11.6 Å². The second kappa shape index (κ2) is 10.9. The van der Waals surface area contributed by atoms with E-state index in [1.165, 1.54) is 24.4 Å². The van der Waals surface area contributed by atoms with E-state index in [1.807, 2.05) is 12.1 Å². The number of amides is 1. The fraction of sp³-hybridized carbons (Fsp3) is 0.269. The van der Waals surface area contributed by atoms with Crippen molar-refractivity contribution < 1.29 is 18.7 Å². The Labute approximate surface area is 198 Å². The topological polar surface area (TPSA) is 76.6 Å². The van der Waals surface area contributed by atoms with E-state index in [0.717, 1.165) is 24.5 Å². The van der Waals surface area contributed by atoms with Gasteiger partial charge in [0.05, 0.1) is 18.4 Å². The summed E-state index contributed by atoms with van der Waals surface area (Å²) in [5.41, 5.74) is 1.44. The maximum Gasteiger partial charge on any atom is 0.244 e. The number of halogens is 1. The smallest absolute Gasteiger partial charge is 0.244 e. The molecule has 0 radical (unpaired) electrons. The molecular weight excluding hydrogens is 435 g/mol. The first-order valence-electron chi connectivity index (χ1n) is 11.1. The highest BCUT2D eigenvalue weighted by atomic mass is 19.1. The van der Waals surface area contributed by atoms with E-state index < -0.39 is 5.82 Å². The third kappa shape index (κ3) is 6.39. The van der Waals surface area contributed by atoms with Crippen molar-refractivity contribution in [2.24, 2.45) is 0 Å². The van der Waals surface area contributed by atoms with Crippen LogP contribution in [0.5, 0.6) is 11.5 Å². The van der Waals surface area contributed by atoms with Gasteiger partial charge in [-0.25, -0.2) is 9.37 Å². The molecule has 176 valence electrons. The Morgan fingerprint density at radius 1 is 1.21 bits per heavy atom. The van der Waals surface area contributed by atoms with Crippen LogP contribution in [0.15, 0.2) is 67.1 Å². The lowest BCUT2D eigenvalue weighted by Crippen LogP contribution is -2.45. The summed E-state index contributed by atoms with van der Waals surface area (Å²) in [4.78, 5) is 22.9. The zero-order valence-corrected chi connectivity index (χ0v) is 19.1. The van der Waals surface area contributed by atoms with E-state index in [2.05, 4.69) is 34.0 Å². The van der Waals surface area contributed by atoms with Gasteiger partial charge in [0.1, 0.15) is 11.6 Å². The Balaban J connectivity index is 1.28. The van der Waals surface area contributed by atoms with Crippen molar-refractivity contribution in [3.8, 4) is 11.5 Å². The van der Waals surface area contributed by atoms with Crippen LogP contribution in [-0.4, -0.2) is 41.2 Å². The number of benzene rings is 1. The molecule has 4 rings (SSSR count). The van der Waals surface area contributed by atoms with Crippen LogP contribution in [0.1, 0.15) is 25.0 Å². The summed E-state index contributed by atoms with van der Waals surface area (Å²) in [5.74, 6) is 0.625. The number of carbonyl (C=O) groups is 1. The van der Waals surface area contributed by atoms with E-state index in [0.29, 0.717) is 17.9 Å². The lowest BCUT2D eigenvalue weighted by Gasteiger charge is -2.36. The predicted octanol–water partition coefficient (Wildman–Crippen LogP) is 4.35. The van der Waals surface area contributed by atoms with Gasteiger partial charge in [-0.15, -0.1) is 0 Å². The second-order valence-corrected chi connectivity index (χ2v) is 8.22. The summed E-state index contributed by atoms with van der Waals surface area (Å²) >= 11 is 0. The van der Waals surface area contributed by atoms with Gasteiger partial charge in [-0.1, -0.05) is 12.1 Å². The Kier molecular flexibility index (Phi) is 7.49. The highest BCUT2D eigenvalue weighted by Crippen LogP contribution is 2.25. The van der Waals surface area contributed by atoms with Crippen molar-refractivity contribution >= 4 is 17.8 Å². The van der Waals surface area contributed by atoms with Gasteiger partial charge in [-0.2, -0.15) is 0 Å². The average Bonchev–Trinajstić information content (AvgIpc) is 2.83. The number of hydrogen-bond donors (Lipinski definition) is 1. The molecule has 8 heteroatoms. The van der Waals surface area contributed by atoms with Gasteiger partial charge in [-0.05, 0) is 61.4 Å². The zero-order valence-electron chi connectivity index (χ0n) is 19.1. The number of nitrogens with one attached hydrogen (secondary N) is 1. The molecule has 0 spiro atoms. The molecule has 2 atom stereocenters. The maximum absolute atomic E-state index is 14.3. The molecule has 1 aromatic carbocycles. The molecule has 7 nitrogen and oxygen atoms in total. The Bertz CT molecular complexity index is 1130. The molecule has 2 aromatic heterocycles. The number of morpholine rings is 1. The predicted molar refractivity (Wildman–Crippen MR) is 128 cm³/mol. The van der Waals surface area contributed by atoms with Gasteiger partial charge in [0, 0.05) is 38.1 Å². The summed E-state index contributed by atoms with van der Waals surface area (Å²) in [7, 11) is 0. The van der Waals surface area contributed by atoms with Crippen LogP contribution in [0, 0.1) is 5.82 Å². The summed E-state index contributed by atoms with van der Waals surface area (Å²) in [6.07, 6.45) is 8.12. The fourth-order valence-corrected chi connectivity index (χ4v) is 3.73. The van der Waals surface area contributed by atoms with Crippen LogP contribution in [0.25, 0.3) is 6.08 Å². The van der Waals surface area contributed by atoms with E-state index in [4.69, 9.17) is 9.47 Å². The molecule has 1 aliphatic rings.